The summed E-state index contributed by atoms with van der Waals surface area (Å²) in [7, 11) is -3.92. The highest BCUT2D eigenvalue weighted by Crippen LogP contribution is 2.42. The van der Waals surface area contributed by atoms with Gasteiger partial charge in [0.15, 0.2) is 0 Å². The van der Waals surface area contributed by atoms with Crippen LogP contribution in [0.2, 0.25) is 0 Å². The van der Waals surface area contributed by atoms with E-state index in [9.17, 15) is 28.6 Å². The van der Waals surface area contributed by atoms with E-state index in [2.05, 4.69) is 15.2 Å². The van der Waals surface area contributed by atoms with Crippen LogP contribution in [0.5, 0.6) is 0 Å². The van der Waals surface area contributed by atoms with Gasteiger partial charge in [0.1, 0.15) is 0 Å². The van der Waals surface area contributed by atoms with Gasteiger partial charge in [-0.1, -0.05) is 12.8 Å². The average Bonchev–Trinajstić information content (AvgIpc) is 3.15. The standard InChI is InChI=1S/C22H38N3O10P/c1-2-34-36(30,31)35-14-6-4-3-5-11-23-20(27)10-15-32-17-18-33-16-12-24-19(26)9-13-25-21(28)7-8-22(25)29/h7-8H,2-6,9-18H2,1H3,(H,23,27)(H,24,26)(H,30,31). The van der Waals surface area contributed by atoms with Crippen LogP contribution in [-0.4, -0.2) is 92.7 Å². The minimum absolute atomic E-state index is 0.0308. The monoisotopic (exact) mass is 535 g/mol. The number of unbranched alkanes of at least 4 members (excludes halogenated alkanes) is 3. The number of ether oxygens (including phenoxy) is 2. The maximum atomic E-state index is 11.8. The highest BCUT2D eigenvalue weighted by atomic mass is 31.2. The fourth-order valence-corrected chi connectivity index (χ4v) is 3.74. The highest BCUT2D eigenvalue weighted by molar-refractivity contribution is 7.47. The Labute approximate surface area is 211 Å². The first-order valence-corrected chi connectivity index (χ1v) is 13.6. The van der Waals surface area contributed by atoms with E-state index in [-0.39, 0.29) is 57.6 Å². The van der Waals surface area contributed by atoms with E-state index in [0.717, 1.165) is 24.2 Å². The van der Waals surface area contributed by atoms with Gasteiger partial charge in [-0.15, -0.1) is 0 Å². The summed E-state index contributed by atoms with van der Waals surface area (Å²) < 4.78 is 31.4. The normalized spacial score (nSPS) is 14.8. The molecule has 0 saturated carbocycles. The van der Waals surface area contributed by atoms with Crippen molar-refractivity contribution < 1.29 is 47.2 Å². The molecule has 1 unspecified atom stereocenters. The topological polar surface area (TPSA) is 170 Å². The minimum atomic E-state index is -3.92. The molecular formula is C22H38N3O10P. The minimum Gasteiger partial charge on any atom is -0.379 e. The SMILES string of the molecule is CCOP(=O)(O)OCCCCCCNC(=O)CCOCCOCCNC(=O)CCN1C(=O)C=CC1=O. The maximum Gasteiger partial charge on any atom is 0.472 e. The third kappa shape index (κ3) is 15.8. The third-order valence-corrected chi connectivity index (χ3v) is 5.91. The molecule has 0 aromatic rings. The van der Waals surface area contributed by atoms with Crippen molar-refractivity contribution in [1.29, 1.82) is 0 Å². The molecule has 1 aliphatic heterocycles. The number of hydrogen-bond acceptors (Lipinski definition) is 9. The van der Waals surface area contributed by atoms with Crippen molar-refractivity contribution in [3.05, 3.63) is 12.2 Å². The van der Waals surface area contributed by atoms with Crippen LogP contribution in [0.1, 0.15) is 45.4 Å². The summed E-state index contributed by atoms with van der Waals surface area (Å²) in [5.74, 6) is -1.21. The summed E-state index contributed by atoms with van der Waals surface area (Å²) in [6, 6.07) is 0. The fraction of sp³-hybridized carbons (Fsp3) is 0.727. The lowest BCUT2D eigenvalue weighted by Gasteiger charge is -2.13. The van der Waals surface area contributed by atoms with Gasteiger partial charge in [0, 0.05) is 44.6 Å². The van der Waals surface area contributed by atoms with Crippen molar-refractivity contribution in [2.45, 2.75) is 45.4 Å². The highest BCUT2D eigenvalue weighted by Gasteiger charge is 2.23. The number of carbonyl (C=O) groups excluding carboxylic acids is 4. The van der Waals surface area contributed by atoms with Gasteiger partial charge in [0.25, 0.3) is 11.8 Å². The molecule has 3 N–H and O–H groups in total. The molecule has 0 fully saturated rings. The van der Waals surface area contributed by atoms with Crippen molar-refractivity contribution in [3.8, 4) is 0 Å². The van der Waals surface area contributed by atoms with Crippen LogP contribution >= 0.6 is 7.82 Å². The smallest absolute Gasteiger partial charge is 0.379 e. The molecular weight excluding hydrogens is 497 g/mol. The van der Waals surface area contributed by atoms with Gasteiger partial charge in [-0.3, -0.25) is 33.1 Å². The second-order valence-corrected chi connectivity index (χ2v) is 9.17. The molecule has 1 rings (SSSR count). The number of hydrogen-bond donors (Lipinski definition) is 3. The number of phosphoric ester groups is 1. The Bertz CT molecular complexity index is 759. The summed E-state index contributed by atoms with van der Waals surface area (Å²) in [5.41, 5.74) is 0. The Kier molecular flexibility index (Phi) is 16.8. The zero-order chi connectivity index (χ0) is 26.7. The van der Waals surface area contributed by atoms with Gasteiger partial charge >= 0.3 is 7.82 Å². The number of carbonyl (C=O) groups is 4. The largest absolute Gasteiger partial charge is 0.472 e. The molecule has 0 aromatic carbocycles. The lowest BCUT2D eigenvalue weighted by molar-refractivity contribution is -0.137. The van der Waals surface area contributed by atoms with Crippen molar-refractivity contribution in [1.82, 2.24) is 15.5 Å². The molecule has 4 amide bonds. The Morgan fingerprint density at radius 2 is 1.44 bits per heavy atom. The molecule has 0 radical (unpaired) electrons. The number of nitrogens with zero attached hydrogens (tertiary/aromatic N) is 1. The molecule has 13 nitrogen and oxygen atoms in total. The van der Waals surface area contributed by atoms with E-state index in [4.69, 9.17) is 14.0 Å². The Hall–Kier alpha value is -2.15. The molecule has 0 saturated heterocycles. The fourth-order valence-electron chi connectivity index (χ4n) is 2.98. The molecule has 0 aliphatic carbocycles. The molecule has 1 heterocycles. The quantitative estimate of drug-likeness (QED) is 0.102. The van der Waals surface area contributed by atoms with E-state index in [1.807, 2.05) is 0 Å². The van der Waals surface area contributed by atoms with Crippen LogP contribution in [0.4, 0.5) is 0 Å². The molecule has 0 bridgehead atoms. The molecule has 0 spiro atoms. The summed E-state index contributed by atoms with van der Waals surface area (Å²) in [5, 5.41) is 5.45. The summed E-state index contributed by atoms with van der Waals surface area (Å²) in [4.78, 5) is 56.5. The average molecular weight is 536 g/mol. The van der Waals surface area contributed by atoms with E-state index in [1.165, 1.54) is 12.2 Å². The zero-order valence-electron chi connectivity index (χ0n) is 20.8. The van der Waals surface area contributed by atoms with Gasteiger partial charge in [-0.2, -0.15) is 0 Å². The molecule has 0 aromatic heterocycles. The van der Waals surface area contributed by atoms with Crippen LogP contribution in [0.15, 0.2) is 12.2 Å². The van der Waals surface area contributed by atoms with Gasteiger partial charge in [-0.05, 0) is 19.8 Å². The molecule has 206 valence electrons. The molecule has 14 heteroatoms. The van der Waals surface area contributed by atoms with Crippen LogP contribution in [0, 0.1) is 0 Å². The van der Waals surface area contributed by atoms with Crippen molar-refractivity contribution in [2.24, 2.45) is 0 Å². The zero-order valence-corrected chi connectivity index (χ0v) is 21.7. The molecule has 1 atom stereocenters. The first kappa shape index (κ1) is 31.9. The second-order valence-electron chi connectivity index (χ2n) is 7.72. The number of amides is 4. The molecule has 1 aliphatic rings. The lowest BCUT2D eigenvalue weighted by Crippen LogP contribution is -2.35. The predicted molar refractivity (Wildman–Crippen MR) is 129 cm³/mol. The third-order valence-electron chi connectivity index (χ3n) is 4.82. The summed E-state index contributed by atoms with van der Waals surface area (Å²) >= 11 is 0. The van der Waals surface area contributed by atoms with Gasteiger partial charge in [-0.25, -0.2) is 4.57 Å². The number of nitrogens with one attached hydrogen (secondary N) is 2. The summed E-state index contributed by atoms with van der Waals surface area (Å²) in [6.45, 7) is 3.96. The van der Waals surface area contributed by atoms with Crippen LogP contribution < -0.4 is 10.6 Å². The van der Waals surface area contributed by atoms with E-state index >= 15 is 0 Å². The molecule has 36 heavy (non-hydrogen) atoms. The van der Waals surface area contributed by atoms with E-state index < -0.39 is 19.6 Å². The van der Waals surface area contributed by atoms with Crippen molar-refractivity contribution in [2.75, 3.05) is 59.3 Å². The van der Waals surface area contributed by atoms with Crippen molar-refractivity contribution in [3.63, 3.8) is 0 Å². The second kappa shape index (κ2) is 19.0. The van der Waals surface area contributed by atoms with Gasteiger partial charge in [0.05, 0.1) is 39.6 Å². The number of imide groups is 1. The Morgan fingerprint density at radius 1 is 0.833 bits per heavy atom. The maximum absolute atomic E-state index is 11.8. The Balaban J connectivity index is 1.84. The predicted octanol–water partition coefficient (Wildman–Crippen LogP) is 0.671. The Morgan fingerprint density at radius 3 is 2.14 bits per heavy atom. The van der Waals surface area contributed by atoms with Gasteiger partial charge < -0.3 is 25.0 Å². The summed E-state index contributed by atoms with van der Waals surface area (Å²) in [6.07, 6.45) is 5.73. The number of rotatable bonds is 22. The van der Waals surface area contributed by atoms with Crippen molar-refractivity contribution >= 4 is 31.5 Å². The van der Waals surface area contributed by atoms with E-state index in [0.29, 0.717) is 32.7 Å². The van der Waals surface area contributed by atoms with Crippen LogP contribution in [0.3, 0.4) is 0 Å². The first-order chi connectivity index (χ1) is 17.2. The van der Waals surface area contributed by atoms with Gasteiger partial charge in [0.2, 0.25) is 11.8 Å². The van der Waals surface area contributed by atoms with Crippen LogP contribution in [0.25, 0.3) is 0 Å². The lowest BCUT2D eigenvalue weighted by atomic mass is 10.2. The first-order valence-electron chi connectivity index (χ1n) is 12.1. The van der Waals surface area contributed by atoms with Crippen LogP contribution in [-0.2, 0) is 42.3 Å². The van der Waals surface area contributed by atoms with E-state index in [1.54, 1.807) is 6.92 Å². The number of phosphoric acid groups is 1.